The first-order valence-electron chi connectivity index (χ1n) is 6.13. The average Bonchev–Trinajstić information content (AvgIpc) is 2.73. The fraction of sp³-hybridized carbons (Fsp3) is 0.429. The molecule has 0 saturated heterocycles. The fourth-order valence-corrected chi connectivity index (χ4v) is 1.82. The van der Waals surface area contributed by atoms with Crippen LogP contribution in [0.5, 0.6) is 0 Å². The number of Topliss-reactive ketones (excluding diaryl/α,β-unsaturated/α-hetero) is 1. The van der Waals surface area contributed by atoms with E-state index < -0.39 is 11.8 Å². The molecule has 98 valence electrons. The molecule has 2 rings (SSSR count). The normalized spacial score (nSPS) is 16.4. The molecular formula is C14H19NO3. The molecule has 1 aliphatic heterocycles. The Kier molecular flexibility index (Phi) is 5.52. The number of carboxylic acids is 1. The predicted octanol–water partition coefficient (Wildman–Crippen LogP) is 2.29. The van der Waals surface area contributed by atoms with Gasteiger partial charge in [0, 0.05) is 19.0 Å². The summed E-state index contributed by atoms with van der Waals surface area (Å²) in [6.45, 7) is 5.00. The summed E-state index contributed by atoms with van der Waals surface area (Å²) in [5.74, 6) is -2.03. The lowest BCUT2D eigenvalue weighted by Crippen LogP contribution is -2.10. The van der Waals surface area contributed by atoms with Crippen molar-refractivity contribution in [1.82, 2.24) is 5.32 Å². The summed E-state index contributed by atoms with van der Waals surface area (Å²) in [6, 6.07) is 9.13. The Hall–Kier alpha value is -1.68. The molecule has 1 aromatic carbocycles. The van der Waals surface area contributed by atoms with Gasteiger partial charge in [-0.1, -0.05) is 31.2 Å². The summed E-state index contributed by atoms with van der Waals surface area (Å²) >= 11 is 0. The molecule has 4 heteroatoms. The third kappa shape index (κ3) is 3.96. The van der Waals surface area contributed by atoms with Crippen LogP contribution in [0.1, 0.15) is 43.9 Å². The summed E-state index contributed by atoms with van der Waals surface area (Å²) in [5.41, 5.74) is 2.91. The maximum atomic E-state index is 10.1. The number of hydrogen-bond donors (Lipinski definition) is 2. The van der Waals surface area contributed by atoms with Gasteiger partial charge in [-0.3, -0.25) is 4.79 Å². The van der Waals surface area contributed by atoms with E-state index in [1.165, 1.54) is 11.1 Å². The predicted molar refractivity (Wildman–Crippen MR) is 69.2 cm³/mol. The SMILES string of the molecule is CC1NCc2ccccc21.CCCC(=O)C(=O)O. The molecule has 0 amide bonds. The summed E-state index contributed by atoms with van der Waals surface area (Å²) in [4.78, 5) is 19.9. The maximum Gasteiger partial charge on any atom is 0.372 e. The van der Waals surface area contributed by atoms with E-state index in [1.54, 1.807) is 6.92 Å². The number of fused-ring (bicyclic) bond motifs is 1. The number of aliphatic carboxylic acids is 1. The fourth-order valence-electron chi connectivity index (χ4n) is 1.82. The standard InChI is InChI=1S/C9H11N.C5H8O3/c1-7-9-5-3-2-4-8(9)6-10-7;1-2-3-4(6)5(7)8/h2-5,7,10H,6H2,1H3;2-3H2,1H3,(H,7,8). The van der Waals surface area contributed by atoms with E-state index in [-0.39, 0.29) is 6.42 Å². The van der Waals surface area contributed by atoms with Gasteiger partial charge in [-0.25, -0.2) is 4.79 Å². The number of ketones is 1. The van der Waals surface area contributed by atoms with Crippen molar-refractivity contribution in [3.8, 4) is 0 Å². The molecular weight excluding hydrogens is 230 g/mol. The highest BCUT2D eigenvalue weighted by Gasteiger charge is 2.15. The highest BCUT2D eigenvalue weighted by Crippen LogP contribution is 2.23. The zero-order valence-corrected chi connectivity index (χ0v) is 10.8. The lowest BCUT2D eigenvalue weighted by atomic mass is 10.1. The summed E-state index contributed by atoms with van der Waals surface area (Å²) in [7, 11) is 0. The summed E-state index contributed by atoms with van der Waals surface area (Å²) in [5, 5.41) is 11.3. The average molecular weight is 249 g/mol. The van der Waals surface area contributed by atoms with Gasteiger partial charge < -0.3 is 10.4 Å². The molecule has 0 fully saturated rings. The maximum absolute atomic E-state index is 10.1. The van der Waals surface area contributed by atoms with Gasteiger partial charge in [-0.15, -0.1) is 0 Å². The minimum atomic E-state index is -1.33. The second-order valence-corrected chi connectivity index (χ2v) is 4.28. The van der Waals surface area contributed by atoms with Crippen molar-refractivity contribution in [3.63, 3.8) is 0 Å². The smallest absolute Gasteiger partial charge is 0.372 e. The van der Waals surface area contributed by atoms with Crippen LogP contribution in [0.4, 0.5) is 0 Å². The van der Waals surface area contributed by atoms with Crippen molar-refractivity contribution in [1.29, 1.82) is 0 Å². The number of carbonyl (C=O) groups is 2. The zero-order valence-electron chi connectivity index (χ0n) is 10.8. The van der Waals surface area contributed by atoms with Gasteiger partial charge in [-0.05, 0) is 24.5 Å². The number of rotatable bonds is 3. The van der Waals surface area contributed by atoms with Crippen molar-refractivity contribution in [2.45, 2.75) is 39.3 Å². The number of benzene rings is 1. The van der Waals surface area contributed by atoms with Gasteiger partial charge >= 0.3 is 5.97 Å². The largest absolute Gasteiger partial charge is 0.476 e. The molecule has 18 heavy (non-hydrogen) atoms. The minimum absolute atomic E-state index is 0.148. The van der Waals surface area contributed by atoms with Crippen molar-refractivity contribution < 1.29 is 14.7 Å². The van der Waals surface area contributed by atoms with E-state index in [0.29, 0.717) is 12.5 Å². The van der Waals surface area contributed by atoms with Crippen molar-refractivity contribution >= 4 is 11.8 Å². The summed E-state index contributed by atoms with van der Waals surface area (Å²) < 4.78 is 0. The van der Waals surface area contributed by atoms with Crippen LogP contribution in [0.2, 0.25) is 0 Å². The molecule has 1 aliphatic rings. The lowest BCUT2D eigenvalue weighted by molar-refractivity contribution is -0.149. The van der Waals surface area contributed by atoms with E-state index in [1.807, 2.05) is 0 Å². The highest BCUT2D eigenvalue weighted by molar-refractivity contribution is 6.32. The van der Waals surface area contributed by atoms with Crippen LogP contribution in [-0.4, -0.2) is 16.9 Å². The Morgan fingerprint density at radius 1 is 1.39 bits per heavy atom. The van der Waals surface area contributed by atoms with E-state index in [4.69, 9.17) is 5.11 Å². The third-order valence-corrected chi connectivity index (χ3v) is 2.84. The Labute approximate surface area is 107 Å². The van der Waals surface area contributed by atoms with Crippen molar-refractivity contribution in [3.05, 3.63) is 35.4 Å². The van der Waals surface area contributed by atoms with Crippen molar-refractivity contribution in [2.75, 3.05) is 0 Å². The van der Waals surface area contributed by atoms with Crippen LogP contribution in [-0.2, 0) is 16.1 Å². The van der Waals surface area contributed by atoms with Gasteiger partial charge in [0.15, 0.2) is 0 Å². The number of hydrogen-bond acceptors (Lipinski definition) is 3. The minimum Gasteiger partial charge on any atom is -0.476 e. The molecule has 0 bridgehead atoms. The lowest BCUT2D eigenvalue weighted by Gasteiger charge is -2.01. The Balaban J connectivity index is 0.000000187. The molecule has 0 radical (unpaired) electrons. The Morgan fingerprint density at radius 3 is 2.56 bits per heavy atom. The van der Waals surface area contributed by atoms with Crippen LogP contribution in [0.25, 0.3) is 0 Å². The van der Waals surface area contributed by atoms with Gasteiger partial charge in [-0.2, -0.15) is 0 Å². The molecule has 0 aliphatic carbocycles. The topological polar surface area (TPSA) is 66.4 Å². The van der Waals surface area contributed by atoms with Gasteiger partial charge in [0.05, 0.1) is 0 Å². The van der Waals surface area contributed by atoms with E-state index in [2.05, 4.69) is 36.5 Å². The Bertz CT molecular complexity index is 429. The second-order valence-electron chi connectivity index (χ2n) is 4.28. The molecule has 1 aromatic rings. The van der Waals surface area contributed by atoms with E-state index in [0.717, 1.165) is 6.54 Å². The van der Waals surface area contributed by atoms with Crippen LogP contribution < -0.4 is 5.32 Å². The molecule has 0 spiro atoms. The Morgan fingerprint density at radius 2 is 2.06 bits per heavy atom. The monoisotopic (exact) mass is 249 g/mol. The van der Waals surface area contributed by atoms with Crippen LogP contribution >= 0.6 is 0 Å². The quantitative estimate of drug-likeness (QED) is 0.807. The van der Waals surface area contributed by atoms with Gasteiger partial charge in [0.25, 0.3) is 0 Å². The number of carbonyl (C=O) groups excluding carboxylic acids is 1. The number of nitrogens with one attached hydrogen (secondary N) is 1. The van der Waals surface area contributed by atoms with Crippen LogP contribution in [0, 0.1) is 0 Å². The zero-order chi connectivity index (χ0) is 13.5. The van der Waals surface area contributed by atoms with Crippen LogP contribution in [0.3, 0.4) is 0 Å². The van der Waals surface area contributed by atoms with Crippen molar-refractivity contribution in [2.24, 2.45) is 0 Å². The molecule has 2 N–H and O–H groups in total. The van der Waals surface area contributed by atoms with Crippen LogP contribution in [0.15, 0.2) is 24.3 Å². The summed E-state index contributed by atoms with van der Waals surface area (Å²) in [6.07, 6.45) is 0.750. The first kappa shape index (κ1) is 14.4. The highest BCUT2D eigenvalue weighted by atomic mass is 16.4. The molecule has 1 heterocycles. The second kappa shape index (κ2) is 6.91. The van der Waals surface area contributed by atoms with E-state index in [9.17, 15) is 9.59 Å². The van der Waals surface area contributed by atoms with Gasteiger partial charge in [0.1, 0.15) is 0 Å². The first-order chi connectivity index (χ1) is 8.56. The molecule has 4 nitrogen and oxygen atoms in total. The number of carboxylic acid groups (broad SMARTS) is 1. The molecule has 1 unspecified atom stereocenters. The molecule has 0 saturated carbocycles. The van der Waals surface area contributed by atoms with Gasteiger partial charge in [0.2, 0.25) is 5.78 Å². The first-order valence-corrected chi connectivity index (χ1v) is 6.13. The molecule has 1 atom stereocenters. The van der Waals surface area contributed by atoms with E-state index >= 15 is 0 Å². The third-order valence-electron chi connectivity index (χ3n) is 2.84. The molecule has 0 aromatic heterocycles.